The first kappa shape index (κ1) is 17.5. The first-order valence-electron chi connectivity index (χ1n) is 8.29. The van der Waals surface area contributed by atoms with Gasteiger partial charge in [0.1, 0.15) is 0 Å². The molecule has 0 unspecified atom stereocenters. The SMILES string of the molecule is C=CCN(CC=C)C(=O)CSc1nc2ccccc2c(=O)n1C1CC1. The number of hydrogen-bond acceptors (Lipinski definition) is 4. The molecule has 0 bridgehead atoms. The van der Waals surface area contributed by atoms with E-state index in [-0.39, 0.29) is 23.3 Å². The second-order valence-electron chi connectivity index (χ2n) is 5.98. The molecule has 1 aromatic heterocycles. The highest BCUT2D eigenvalue weighted by molar-refractivity contribution is 7.99. The van der Waals surface area contributed by atoms with Crippen LogP contribution in [-0.2, 0) is 4.79 Å². The molecule has 0 spiro atoms. The lowest BCUT2D eigenvalue weighted by atomic mass is 10.2. The number of rotatable bonds is 8. The van der Waals surface area contributed by atoms with Gasteiger partial charge in [0.25, 0.3) is 5.56 Å². The minimum absolute atomic E-state index is 0.0166. The Hall–Kier alpha value is -2.34. The van der Waals surface area contributed by atoms with E-state index in [9.17, 15) is 9.59 Å². The molecule has 0 radical (unpaired) electrons. The van der Waals surface area contributed by atoms with Gasteiger partial charge in [0, 0.05) is 19.1 Å². The van der Waals surface area contributed by atoms with E-state index in [2.05, 4.69) is 18.1 Å². The highest BCUT2D eigenvalue weighted by Crippen LogP contribution is 2.36. The van der Waals surface area contributed by atoms with E-state index in [1.54, 1.807) is 27.7 Å². The molecule has 0 aliphatic heterocycles. The minimum atomic E-state index is -0.0189. The Bertz CT molecular complexity index is 861. The van der Waals surface area contributed by atoms with Crippen LogP contribution in [0.2, 0.25) is 0 Å². The lowest BCUT2D eigenvalue weighted by molar-refractivity contribution is -0.127. The summed E-state index contributed by atoms with van der Waals surface area (Å²) in [5, 5.41) is 1.25. The quantitative estimate of drug-likeness (QED) is 0.415. The van der Waals surface area contributed by atoms with Gasteiger partial charge in [-0.15, -0.1) is 13.2 Å². The fourth-order valence-corrected chi connectivity index (χ4v) is 3.66. The number of thioether (sulfide) groups is 1. The van der Waals surface area contributed by atoms with Crippen LogP contribution in [0, 0.1) is 0 Å². The van der Waals surface area contributed by atoms with Gasteiger partial charge in [0.15, 0.2) is 5.16 Å². The van der Waals surface area contributed by atoms with Crippen LogP contribution in [0.3, 0.4) is 0 Å². The molecule has 5 nitrogen and oxygen atoms in total. The van der Waals surface area contributed by atoms with Crippen molar-refractivity contribution in [2.45, 2.75) is 24.0 Å². The fourth-order valence-electron chi connectivity index (χ4n) is 2.69. The van der Waals surface area contributed by atoms with Gasteiger partial charge in [-0.2, -0.15) is 0 Å². The predicted octanol–water partition coefficient (Wildman–Crippen LogP) is 3.02. The van der Waals surface area contributed by atoms with Crippen LogP contribution in [0.25, 0.3) is 10.9 Å². The molecule has 1 fully saturated rings. The topological polar surface area (TPSA) is 55.2 Å². The van der Waals surface area contributed by atoms with E-state index >= 15 is 0 Å². The molecule has 1 aromatic carbocycles. The molecule has 1 saturated carbocycles. The van der Waals surface area contributed by atoms with Gasteiger partial charge in [-0.25, -0.2) is 4.98 Å². The zero-order chi connectivity index (χ0) is 17.8. The molecule has 130 valence electrons. The maximum atomic E-state index is 12.8. The van der Waals surface area contributed by atoms with E-state index in [0.717, 1.165) is 12.8 Å². The molecular weight excluding hydrogens is 334 g/mol. The standard InChI is InChI=1S/C19H21N3O2S/c1-3-11-21(12-4-2)17(23)13-25-19-20-16-8-6-5-7-15(16)18(24)22(19)14-9-10-14/h3-8,14H,1-2,9-13H2. The lowest BCUT2D eigenvalue weighted by Crippen LogP contribution is -2.33. The van der Waals surface area contributed by atoms with E-state index in [4.69, 9.17) is 0 Å². The summed E-state index contributed by atoms with van der Waals surface area (Å²) in [5.74, 6) is 0.216. The summed E-state index contributed by atoms with van der Waals surface area (Å²) in [7, 11) is 0. The highest BCUT2D eigenvalue weighted by atomic mass is 32.2. The average molecular weight is 355 g/mol. The van der Waals surface area contributed by atoms with Gasteiger partial charge in [0.2, 0.25) is 5.91 Å². The zero-order valence-electron chi connectivity index (χ0n) is 14.1. The average Bonchev–Trinajstić information content (AvgIpc) is 3.44. The first-order valence-corrected chi connectivity index (χ1v) is 9.28. The molecule has 25 heavy (non-hydrogen) atoms. The fraction of sp³-hybridized carbons (Fsp3) is 0.316. The Balaban J connectivity index is 1.86. The van der Waals surface area contributed by atoms with Gasteiger partial charge in [-0.3, -0.25) is 14.2 Å². The summed E-state index contributed by atoms with van der Waals surface area (Å²) in [5.41, 5.74) is 0.658. The van der Waals surface area contributed by atoms with Crippen LogP contribution in [0.1, 0.15) is 18.9 Å². The zero-order valence-corrected chi connectivity index (χ0v) is 14.9. The van der Waals surface area contributed by atoms with E-state index < -0.39 is 0 Å². The van der Waals surface area contributed by atoms with Crippen LogP contribution in [0.15, 0.2) is 59.5 Å². The number of para-hydroxylation sites is 1. The summed E-state index contributed by atoms with van der Waals surface area (Å²) in [4.78, 5) is 31.5. The molecule has 0 N–H and O–H groups in total. The Morgan fingerprint density at radius 3 is 2.60 bits per heavy atom. The lowest BCUT2D eigenvalue weighted by Gasteiger charge is -2.19. The number of fused-ring (bicyclic) bond motifs is 1. The molecule has 3 rings (SSSR count). The highest BCUT2D eigenvalue weighted by Gasteiger charge is 2.29. The maximum Gasteiger partial charge on any atom is 0.262 e. The number of carbonyl (C=O) groups is 1. The third-order valence-electron chi connectivity index (χ3n) is 4.06. The second-order valence-corrected chi connectivity index (χ2v) is 6.93. The van der Waals surface area contributed by atoms with Crippen molar-refractivity contribution in [2.24, 2.45) is 0 Å². The summed E-state index contributed by atoms with van der Waals surface area (Å²) in [6, 6.07) is 7.56. The molecule has 2 aromatic rings. The molecule has 0 atom stereocenters. The van der Waals surface area contributed by atoms with E-state index in [1.165, 1.54) is 11.8 Å². The van der Waals surface area contributed by atoms with Crippen molar-refractivity contribution in [2.75, 3.05) is 18.8 Å². The Morgan fingerprint density at radius 2 is 1.96 bits per heavy atom. The monoisotopic (exact) mass is 355 g/mol. The number of amides is 1. The van der Waals surface area contributed by atoms with E-state index in [0.29, 0.717) is 29.1 Å². The van der Waals surface area contributed by atoms with Gasteiger partial charge < -0.3 is 4.90 Å². The van der Waals surface area contributed by atoms with Crippen molar-refractivity contribution in [3.05, 3.63) is 59.9 Å². The first-order chi connectivity index (χ1) is 12.2. The van der Waals surface area contributed by atoms with E-state index in [1.807, 2.05) is 18.2 Å². The Labute approximate surface area is 151 Å². The van der Waals surface area contributed by atoms with Crippen LogP contribution < -0.4 is 5.56 Å². The molecule has 1 aliphatic carbocycles. The van der Waals surface area contributed by atoms with Crippen LogP contribution >= 0.6 is 11.8 Å². The number of benzene rings is 1. The third kappa shape index (κ3) is 3.85. The number of aromatic nitrogens is 2. The molecule has 0 saturated heterocycles. The summed E-state index contributed by atoms with van der Waals surface area (Å²) in [6.07, 6.45) is 5.36. The van der Waals surface area contributed by atoms with Crippen LogP contribution in [0.5, 0.6) is 0 Å². The van der Waals surface area contributed by atoms with Crippen molar-refractivity contribution in [1.82, 2.24) is 14.5 Å². The normalized spacial score (nSPS) is 13.6. The third-order valence-corrected chi connectivity index (χ3v) is 5.00. The van der Waals surface area contributed by atoms with Gasteiger partial charge in [0.05, 0.1) is 16.7 Å². The van der Waals surface area contributed by atoms with Crippen LogP contribution in [-0.4, -0.2) is 39.2 Å². The van der Waals surface area contributed by atoms with Crippen LogP contribution in [0.4, 0.5) is 0 Å². The number of nitrogens with zero attached hydrogens (tertiary/aromatic N) is 3. The van der Waals surface area contributed by atoms with Gasteiger partial charge in [-0.05, 0) is 25.0 Å². The minimum Gasteiger partial charge on any atom is -0.335 e. The molecule has 1 heterocycles. The molecule has 6 heteroatoms. The smallest absolute Gasteiger partial charge is 0.262 e. The van der Waals surface area contributed by atoms with Crippen molar-refractivity contribution >= 4 is 28.6 Å². The van der Waals surface area contributed by atoms with Gasteiger partial charge in [-0.1, -0.05) is 36.0 Å². The summed E-state index contributed by atoms with van der Waals surface area (Å²) < 4.78 is 1.76. The Morgan fingerprint density at radius 1 is 1.28 bits per heavy atom. The predicted molar refractivity (Wildman–Crippen MR) is 102 cm³/mol. The van der Waals surface area contributed by atoms with Crippen molar-refractivity contribution in [1.29, 1.82) is 0 Å². The largest absolute Gasteiger partial charge is 0.335 e. The maximum absolute atomic E-state index is 12.8. The molecular formula is C19H21N3O2S. The number of carbonyl (C=O) groups excluding carboxylic acids is 1. The Kier molecular flexibility index (Phi) is 5.38. The summed E-state index contributed by atoms with van der Waals surface area (Å²) in [6.45, 7) is 8.32. The number of hydrogen-bond donors (Lipinski definition) is 0. The molecule has 1 aliphatic rings. The van der Waals surface area contributed by atoms with Gasteiger partial charge >= 0.3 is 0 Å². The second kappa shape index (κ2) is 7.70. The molecule has 1 amide bonds. The van der Waals surface area contributed by atoms with Crippen molar-refractivity contribution < 1.29 is 4.79 Å². The van der Waals surface area contributed by atoms with Crippen molar-refractivity contribution in [3.63, 3.8) is 0 Å². The summed E-state index contributed by atoms with van der Waals surface area (Å²) >= 11 is 1.32. The van der Waals surface area contributed by atoms with Crippen molar-refractivity contribution in [3.8, 4) is 0 Å².